The van der Waals surface area contributed by atoms with Crippen molar-refractivity contribution in [3.63, 3.8) is 0 Å². The van der Waals surface area contributed by atoms with Gasteiger partial charge in [0.2, 0.25) is 0 Å². The van der Waals surface area contributed by atoms with E-state index in [1.165, 1.54) is 7.11 Å². The number of ether oxygens (including phenoxy) is 1. The van der Waals surface area contributed by atoms with Crippen LogP contribution in [0.15, 0.2) is 30.3 Å². The van der Waals surface area contributed by atoms with Crippen molar-refractivity contribution in [2.24, 2.45) is 5.73 Å². The van der Waals surface area contributed by atoms with E-state index in [1.54, 1.807) is 6.07 Å². The van der Waals surface area contributed by atoms with Gasteiger partial charge in [0.15, 0.2) is 5.67 Å². The van der Waals surface area contributed by atoms with Gasteiger partial charge in [-0.1, -0.05) is 12.1 Å². The largest absolute Gasteiger partial charge is 0.381 e. The molecule has 0 aliphatic rings. The number of pyridine rings is 1. The summed E-state index contributed by atoms with van der Waals surface area (Å²) < 4.78 is 20.2. The molecule has 1 aromatic carbocycles. The fourth-order valence-corrected chi connectivity index (χ4v) is 2.42. The first kappa shape index (κ1) is 14.9. The second-order valence-corrected chi connectivity index (χ2v) is 5.15. The van der Waals surface area contributed by atoms with Gasteiger partial charge >= 0.3 is 0 Å². The van der Waals surface area contributed by atoms with Gasteiger partial charge in [-0.05, 0) is 50.1 Å². The Morgan fingerprint density at radius 3 is 2.80 bits per heavy atom. The number of halogens is 1. The summed E-state index contributed by atoms with van der Waals surface area (Å²) in [6, 6.07) is 9.42. The number of methoxy groups -OCH3 is 1. The topological polar surface area (TPSA) is 48.1 Å². The number of nitrogens with two attached hydrogens (primary N) is 1. The Labute approximate surface area is 119 Å². The van der Waals surface area contributed by atoms with Gasteiger partial charge in [0, 0.05) is 18.2 Å². The van der Waals surface area contributed by atoms with E-state index in [9.17, 15) is 0 Å². The van der Waals surface area contributed by atoms with Crippen LogP contribution in [0.3, 0.4) is 0 Å². The molecular weight excluding hydrogens is 255 g/mol. The Kier molecular flexibility index (Phi) is 4.68. The molecule has 0 fully saturated rings. The van der Waals surface area contributed by atoms with Crippen LogP contribution in [0.25, 0.3) is 10.9 Å². The van der Waals surface area contributed by atoms with E-state index in [0.717, 1.165) is 16.6 Å². The lowest BCUT2D eigenvalue weighted by atomic mass is 9.90. The van der Waals surface area contributed by atoms with E-state index in [1.807, 2.05) is 31.2 Å². The van der Waals surface area contributed by atoms with Crippen molar-refractivity contribution in [2.75, 3.05) is 20.3 Å². The van der Waals surface area contributed by atoms with Crippen LogP contribution in [0.5, 0.6) is 0 Å². The molecule has 0 aliphatic heterocycles. The van der Waals surface area contributed by atoms with Gasteiger partial charge < -0.3 is 10.5 Å². The van der Waals surface area contributed by atoms with Crippen LogP contribution in [-0.2, 0) is 10.4 Å². The SMILES string of the molecule is COCC(F)(CCCN)c1ccc2nc(C)ccc2c1. The standard InChI is InChI=1S/C16H21FN2O/c1-12-4-5-13-10-14(6-7-15(13)19-12)16(17,11-20-2)8-3-9-18/h4-7,10H,3,8-9,11,18H2,1-2H3. The molecule has 108 valence electrons. The lowest BCUT2D eigenvalue weighted by Crippen LogP contribution is -2.27. The minimum atomic E-state index is -1.49. The molecule has 4 heteroatoms. The van der Waals surface area contributed by atoms with E-state index in [-0.39, 0.29) is 6.61 Å². The maximum absolute atomic E-state index is 15.1. The van der Waals surface area contributed by atoms with Gasteiger partial charge in [0.1, 0.15) is 0 Å². The molecular formula is C16H21FN2O. The van der Waals surface area contributed by atoms with Crippen molar-refractivity contribution in [3.8, 4) is 0 Å². The van der Waals surface area contributed by atoms with Gasteiger partial charge in [-0.2, -0.15) is 0 Å². The highest BCUT2D eigenvalue weighted by molar-refractivity contribution is 5.79. The monoisotopic (exact) mass is 276 g/mol. The molecule has 0 aliphatic carbocycles. The number of nitrogens with zero attached hydrogens (tertiary/aromatic N) is 1. The van der Waals surface area contributed by atoms with Crippen LogP contribution in [0.2, 0.25) is 0 Å². The van der Waals surface area contributed by atoms with Crippen LogP contribution in [0.1, 0.15) is 24.1 Å². The Morgan fingerprint density at radius 2 is 2.10 bits per heavy atom. The molecule has 3 nitrogen and oxygen atoms in total. The van der Waals surface area contributed by atoms with Gasteiger partial charge in [-0.15, -0.1) is 0 Å². The molecule has 0 spiro atoms. The zero-order chi connectivity index (χ0) is 14.6. The number of hydrogen-bond acceptors (Lipinski definition) is 3. The molecule has 20 heavy (non-hydrogen) atoms. The average Bonchev–Trinajstić information content (AvgIpc) is 2.45. The second kappa shape index (κ2) is 6.29. The number of benzene rings is 1. The van der Waals surface area contributed by atoms with Crippen molar-refractivity contribution < 1.29 is 9.13 Å². The second-order valence-electron chi connectivity index (χ2n) is 5.15. The van der Waals surface area contributed by atoms with E-state index < -0.39 is 5.67 Å². The number of aryl methyl sites for hydroxylation is 1. The highest BCUT2D eigenvalue weighted by Crippen LogP contribution is 2.33. The molecule has 1 unspecified atom stereocenters. The molecule has 1 heterocycles. The molecule has 1 atom stereocenters. The van der Waals surface area contributed by atoms with Gasteiger partial charge in [-0.25, -0.2) is 4.39 Å². The normalized spacial score (nSPS) is 14.4. The summed E-state index contributed by atoms with van der Waals surface area (Å²) in [5.41, 5.74) is 6.47. The Balaban J connectivity index is 2.40. The molecule has 1 aromatic heterocycles. The smallest absolute Gasteiger partial charge is 0.159 e. The summed E-state index contributed by atoms with van der Waals surface area (Å²) in [7, 11) is 1.52. The van der Waals surface area contributed by atoms with Crippen LogP contribution >= 0.6 is 0 Å². The zero-order valence-corrected chi connectivity index (χ0v) is 12.0. The van der Waals surface area contributed by atoms with Gasteiger partial charge in [0.25, 0.3) is 0 Å². The van der Waals surface area contributed by atoms with Crippen LogP contribution < -0.4 is 5.73 Å². The molecule has 0 amide bonds. The van der Waals surface area contributed by atoms with Crippen LogP contribution in [0.4, 0.5) is 4.39 Å². The average molecular weight is 276 g/mol. The van der Waals surface area contributed by atoms with Crippen LogP contribution in [-0.4, -0.2) is 25.2 Å². The number of rotatable bonds is 6. The minimum absolute atomic E-state index is 0.0395. The number of hydrogen-bond donors (Lipinski definition) is 1. The Bertz CT molecular complexity index is 588. The fraction of sp³-hybridized carbons (Fsp3) is 0.438. The third-order valence-corrected chi connectivity index (χ3v) is 3.50. The van der Waals surface area contributed by atoms with E-state index in [2.05, 4.69) is 4.98 Å². The predicted octanol–water partition coefficient (Wildman–Crippen LogP) is 3.09. The maximum atomic E-state index is 15.1. The minimum Gasteiger partial charge on any atom is -0.381 e. The first-order valence-corrected chi connectivity index (χ1v) is 6.85. The molecule has 2 rings (SSSR count). The summed E-state index contributed by atoms with van der Waals surface area (Å²) in [5, 5.41) is 0.943. The molecule has 0 radical (unpaired) electrons. The summed E-state index contributed by atoms with van der Waals surface area (Å²) in [5.74, 6) is 0. The number of alkyl halides is 1. The van der Waals surface area contributed by atoms with E-state index in [4.69, 9.17) is 10.5 Å². The molecule has 0 saturated carbocycles. The summed E-state index contributed by atoms with van der Waals surface area (Å²) >= 11 is 0. The predicted molar refractivity (Wildman–Crippen MR) is 79.4 cm³/mol. The van der Waals surface area contributed by atoms with Crippen molar-refractivity contribution in [1.82, 2.24) is 4.98 Å². The molecule has 2 N–H and O–H groups in total. The molecule has 0 saturated heterocycles. The van der Waals surface area contributed by atoms with Crippen LogP contribution in [0, 0.1) is 6.92 Å². The summed E-state index contributed by atoms with van der Waals surface area (Å²) in [6.07, 6.45) is 0.992. The molecule has 2 aromatic rings. The van der Waals surface area contributed by atoms with Crippen molar-refractivity contribution in [1.29, 1.82) is 0 Å². The van der Waals surface area contributed by atoms with Crippen molar-refractivity contribution >= 4 is 10.9 Å². The quantitative estimate of drug-likeness (QED) is 0.882. The summed E-state index contributed by atoms with van der Waals surface area (Å²) in [4.78, 5) is 4.43. The first-order chi connectivity index (χ1) is 9.59. The van der Waals surface area contributed by atoms with Crippen molar-refractivity contribution in [2.45, 2.75) is 25.4 Å². The van der Waals surface area contributed by atoms with Gasteiger partial charge in [0.05, 0.1) is 12.1 Å². The third kappa shape index (κ3) is 3.14. The Hall–Kier alpha value is -1.52. The number of fused-ring (bicyclic) bond motifs is 1. The first-order valence-electron chi connectivity index (χ1n) is 6.85. The fourth-order valence-electron chi connectivity index (χ4n) is 2.42. The third-order valence-electron chi connectivity index (χ3n) is 3.50. The van der Waals surface area contributed by atoms with Crippen molar-refractivity contribution in [3.05, 3.63) is 41.6 Å². The van der Waals surface area contributed by atoms with E-state index in [0.29, 0.717) is 24.9 Å². The zero-order valence-electron chi connectivity index (χ0n) is 12.0. The lowest BCUT2D eigenvalue weighted by molar-refractivity contribution is 0.0305. The Morgan fingerprint density at radius 1 is 1.30 bits per heavy atom. The highest BCUT2D eigenvalue weighted by atomic mass is 19.1. The molecule has 0 bridgehead atoms. The highest BCUT2D eigenvalue weighted by Gasteiger charge is 2.31. The lowest BCUT2D eigenvalue weighted by Gasteiger charge is -2.25. The maximum Gasteiger partial charge on any atom is 0.159 e. The number of aromatic nitrogens is 1. The van der Waals surface area contributed by atoms with Gasteiger partial charge in [-0.3, -0.25) is 4.98 Å². The summed E-state index contributed by atoms with van der Waals surface area (Å²) in [6.45, 7) is 2.46. The van der Waals surface area contributed by atoms with E-state index >= 15 is 4.39 Å².